The number of carbonyl (C=O) groups excluding carboxylic acids is 1. The first kappa shape index (κ1) is 17.6. The highest BCUT2D eigenvalue weighted by molar-refractivity contribution is 7.92. The number of benzene rings is 2. The number of hydrogen-bond acceptors (Lipinski definition) is 4. The van der Waals surface area contributed by atoms with Crippen LogP contribution in [0.5, 0.6) is 0 Å². The SMILES string of the molecule is Cc1ccc(S(=O)(=O)Nc2ccccc2C(=O)Nc2ccncc2)cc1. The van der Waals surface area contributed by atoms with E-state index in [1.165, 1.54) is 12.1 Å². The van der Waals surface area contributed by atoms with Gasteiger partial charge in [-0.1, -0.05) is 29.8 Å². The number of pyridine rings is 1. The van der Waals surface area contributed by atoms with Crippen molar-refractivity contribution < 1.29 is 13.2 Å². The Bertz CT molecular complexity index is 1020. The van der Waals surface area contributed by atoms with Gasteiger partial charge in [0.25, 0.3) is 15.9 Å². The van der Waals surface area contributed by atoms with Crippen molar-refractivity contribution in [2.45, 2.75) is 11.8 Å². The van der Waals surface area contributed by atoms with Gasteiger partial charge in [-0.25, -0.2) is 8.42 Å². The lowest BCUT2D eigenvalue weighted by atomic mass is 10.1. The molecule has 2 aromatic carbocycles. The van der Waals surface area contributed by atoms with E-state index in [2.05, 4.69) is 15.0 Å². The molecule has 132 valence electrons. The summed E-state index contributed by atoms with van der Waals surface area (Å²) in [7, 11) is -3.80. The second-order valence-corrected chi connectivity index (χ2v) is 7.34. The van der Waals surface area contributed by atoms with E-state index in [0.717, 1.165) is 5.56 Å². The molecule has 0 atom stereocenters. The molecule has 0 bridgehead atoms. The van der Waals surface area contributed by atoms with Crippen LogP contribution in [0.1, 0.15) is 15.9 Å². The minimum absolute atomic E-state index is 0.132. The number of aryl methyl sites for hydroxylation is 1. The molecule has 1 amide bonds. The van der Waals surface area contributed by atoms with Crippen LogP contribution in [0.3, 0.4) is 0 Å². The van der Waals surface area contributed by atoms with E-state index in [9.17, 15) is 13.2 Å². The number of sulfonamides is 1. The highest BCUT2D eigenvalue weighted by atomic mass is 32.2. The number of carbonyl (C=O) groups is 1. The highest BCUT2D eigenvalue weighted by Gasteiger charge is 2.18. The third-order valence-electron chi connectivity index (χ3n) is 3.69. The molecule has 0 aliphatic heterocycles. The van der Waals surface area contributed by atoms with Crippen molar-refractivity contribution in [1.82, 2.24) is 4.98 Å². The van der Waals surface area contributed by atoms with Gasteiger partial charge in [0.1, 0.15) is 0 Å². The van der Waals surface area contributed by atoms with Crippen LogP contribution in [0.4, 0.5) is 11.4 Å². The highest BCUT2D eigenvalue weighted by Crippen LogP contribution is 2.21. The van der Waals surface area contributed by atoms with E-state index in [1.54, 1.807) is 60.9 Å². The molecule has 0 aliphatic rings. The van der Waals surface area contributed by atoms with Gasteiger partial charge in [-0.2, -0.15) is 0 Å². The van der Waals surface area contributed by atoms with Crippen molar-refractivity contribution in [2.75, 3.05) is 10.0 Å². The lowest BCUT2D eigenvalue weighted by Gasteiger charge is -2.13. The van der Waals surface area contributed by atoms with E-state index in [0.29, 0.717) is 5.69 Å². The van der Waals surface area contributed by atoms with Gasteiger partial charge in [-0.05, 0) is 43.3 Å². The topological polar surface area (TPSA) is 88.2 Å². The molecule has 0 fully saturated rings. The molecule has 26 heavy (non-hydrogen) atoms. The molecule has 0 spiro atoms. The summed E-state index contributed by atoms with van der Waals surface area (Å²) in [5, 5.41) is 2.72. The van der Waals surface area contributed by atoms with E-state index in [1.807, 2.05) is 6.92 Å². The third kappa shape index (κ3) is 4.07. The molecule has 3 rings (SSSR count). The average molecular weight is 367 g/mol. The fourth-order valence-electron chi connectivity index (χ4n) is 2.32. The van der Waals surface area contributed by atoms with E-state index >= 15 is 0 Å². The number of hydrogen-bond donors (Lipinski definition) is 2. The molecular formula is C19H17N3O3S. The fraction of sp³-hybridized carbons (Fsp3) is 0.0526. The summed E-state index contributed by atoms with van der Waals surface area (Å²) in [6.45, 7) is 1.88. The van der Waals surface area contributed by atoms with Gasteiger partial charge in [0, 0.05) is 18.1 Å². The van der Waals surface area contributed by atoms with Crippen LogP contribution in [0.2, 0.25) is 0 Å². The molecule has 0 saturated carbocycles. The summed E-state index contributed by atoms with van der Waals surface area (Å²) in [6.07, 6.45) is 3.11. The van der Waals surface area contributed by atoms with Crippen molar-refractivity contribution in [3.63, 3.8) is 0 Å². The van der Waals surface area contributed by atoms with Gasteiger partial charge >= 0.3 is 0 Å². The largest absolute Gasteiger partial charge is 0.322 e. The van der Waals surface area contributed by atoms with Gasteiger partial charge < -0.3 is 5.32 Å². The van der Waals surface area contributed by atoms with E-state index in [4.69, 9.17) is 0 Å². The Hall–Kier alpha value is -3.19. The smallest absolute Gasteiger partial charge is 0.261 e. The zero-order valence-electron chi connectivity index (χ0n) is 14.0. The second-order valence-electron chi connectivity index (χ2n) is 5.65. The van der Waals surface area contributed by atoms with Gasteiger partial charge in [0.2, 0.25) is 0 Å². The van der Waals surface area contributed by atoms with Crippen molar-refractivity contribution in [3.8, 4) is 0 Å². The van der Waals surface area contributed by atoms with E-state index in [-0.39, 0.29) is 16.1 Å². The summed E-state index contributed by atoms with van der Waals surface area (Å²) >= 11 is 0. The lowest BCUT2D eigenvalue weighted by Crippen LogP contribution is -2.18. The molecular weight excluding hydrogens is 350 g/mol. The number of rotatable bonds is 5. The average Bonchev–Trinajstić information content (AvgIpc) is 2.63. The van der Waals surface area contributed by atoms with Crippen molar-refractivity contribution in [2.24, 2.45) is 0 Å². The maximum absolute atomic E-state index is 12.6. The number of nitrogens with zero attached hydrogens (tertiary/aromatic N) is 1. The number of anilines is 2. The third-order valence-corrected chi connectivity index (χ3v) is 5.07. The molecule has 0 radical (unpaired) electrons. The molecule has 0 saturated heterocycles. The van der Waals surface area contributed by atoms with Gasteiger partial charge in [-0.15, -0.1) is 0 Å². The van der Waals surface area contributed by atoms with Crippen LogP contribution in [0.15, 0.2) is 78.0 Å². The Morgan fingerprint density at radius 1 is 0.923 bits per heavy atom. The monoisotopic (exact) mass is 367 g/mol. The normalized spacial score (nSPS) is 11.0. The van der Waals surface area contributed by atoms with Crippen LogP contribution >= 0.6 is 0 Å². The first-order valence-electron chi connectivity index (χ1n) is 7.85. The number of amides is 1. The first-order chi connectivity index (χ1) is 12.5. The number of aromatic nitrogens is 1. The Balaban J connectivity index is 1.87. The summed E-state index contributed by atoms with van der Waals surface area (Å²) in [5.41, 5.74) is 1.96. The van der Waals surface area contributed by atoms with Gasteiger partial charge in [0.05, 0.1) is 16.1 Å². The fourth-order valence-corrected chi connectivity index (χ4v) is 3.40. The Kier molecular flexibility index (Phi) is 4.99. The van der Waals surface area contributed by atoms with Crippen molar-refractivity contribution in [1.29, 1.82) is 0 Å². The Morgan fingerprint density at radius 2 is 1.58 bits per heavy atom. The van der Waals surface area contributed by atoms with Crippen LogP contribution in [0, 0.1) is 6.92 Å². The number of para-hydroxylation sites is 1. The van der Waals surface area contributed by atoms with Crippen molar-refractivity contribution in [3.05, 3.63) is 84.2 Å². The lowest BCUT2D eigenvalue weighted by molar-refractivity contribution is 0.102. The second kappa shape index (κ2) is 7.37. The minimum Gasteiger partial charge on any atom is -0.322 e. The molecule has 7 heteroatoms. The number of nitrogens with one attached hydrogen (secondary N) is 2. The maximum Gasteiger partial charge on any atom is 0.261 e. The summed E-state index contributed by atoms with van der Waals surface area (Å²) in [6, 6.07) is 16.2. The predicted molar refractivity (Wildman–Crippen MR) is 101 cm³/mol. The molecule has 0 aliphatic carbocycles. The van der Waals surface area contributed by atoms with E-state index < -0.39 is 15.9 Å². The van der Waals surface area contributed by atoms with Gasteiger partial charge in [0.15, 0.2) is 0 Å². The molecule has 1 heterocycles. The van der Waals surface area contributed by atoms with Crippen LogP contribution < -0.4 is 10.0 Å². The standard InChI is InChI=1S/C19H17N3O3S/c1-14-6-8-16(9-7-14)26(24,25)22-18-5-3-2-4-17(18)19(23)21-15-10-12-20-13-11-15/h2-13,22H,1H3,(H,20,21,23). The maximum atomic E-state index is 12.6. The van der Waals surface area contributed by atoms with Crippen LogP contribution in [-0.2, 0) is 10.0 Å². The summed E-state index contributed by atoms with van der Waals surface area (Å²) in [4.78, 5) is 16.6. The molecule has 0 unspecified atom stereocenters. The zero-order valence-corrected chi connectivity index (χ0v) is 14.8. The minimum atomic E-state index is -3.80. The molecule has 1 aromatic heterocycles. The Labute approximate surface area is 152 Å². The van der Waals surface area contributed by atoms with Crippen molar-refractivity contribution >= 4 is 27.3 Å². The predicted octanol–water partition coefficient (Wildman–Crippen LogP) is 3.44. The van der Waals surface area contributed by atoms with Gasteiger partial charge in [-0.3, -0.25) is 14.5 Å². The molecule has 6 nitrogen and oxygen atoms in total. The quantitative estimate of drug-likeness (QED) is 0.723. The molecule has 3 aromatic rings. The van der Waals surface area contributed by atoms with Crippen LogP contribution in [-0.4, -0.2) is 19.3 Å². The Morgan fingerprint density at radius 3 is 2.27 bits per heavy atom. The zero-order chi connectivity index (χ0) is 18.6. The summed E-state index contributed by atoms with van der Waals surface area (Å²) < 4.78 is 27.7. The molecule has 2 N–H and O–H groups in total. The van der Waals surface area contributed by atoms with Crippen LogP contribution in [0.25, 0.3) is 0 Å². The summed E-state index contributed by atoms with van der Waals surface area (Å²) in [5.74, 6) is -0.418. The first-order valence-corrected chi connectivity index (χ1v) is 9.34.